The molecule has 0 amide bonds. The maximum absolute atomic E-state index is 10.8. The minimum atomic E-state index is -0.335. The zero-order valence-electron chi connectivity index (χ0n) is 9.81. The van der Waals surface area contributed by atoms with Crippen molar-refractivity contribution in [3.05, 3.63) is 25.5 Å². The zero-order chi connectivity index (χ0) is 12.9. The van der Waals surface area contributed by atoms with Crippen molar-refractivity contribution >= 4 is 11.9 Å². The summed E-state index contributed by atoms with van der Waals surface area (Å²) < 4.78 is 14.4. The first-order valence-electron chi connectivity index (χ1n) is 5.29. The summed E-state index contributed by atoms with van der Waals surface area (Å²) in [5, 5.41) is 0. The largest absolute Gasteiger partial charge is 0.453 e. The van der Waals surface area contributed by atoms with Gasteiger partial charge in [0, 0.05) is 13.0 Å². The molecule has 0 aromatic carbocycles. The van der Waals surface area contributed by atoms with Gasteiger partial charge in [0.25, 0.3) is 0 Å². The summed E-state index contributed by atoms with van der Waals surface area (Å²) in [7, 11) is 0. The number of hydrogen-bond donors (Lipinski definition) is 0. The Kier molecular flexibility index (Phi) is 4.45. The highest BCUT2D eigenvalue weighted by Gasteiger charge is 2.59. The fraction of sp³-hybridized carbons (Fsp3) is 0.500. The average molecular weight is 240 g/mol. The Morgan fingerprint density at radius 3 is 2.24 bits per heavy atom. The number of carbonyl (C=O) groups excluding carboxylic acids is 2. The zero-order valence-corrected chi connectivity index (χ0v) is 9.81. The van der Waals surface area contributed by atoms with E-state index in [4.69, 9.17) is 9.47 Å². The fourth-order valence-electron chi connectivity index (χ4n) is 1.32. The molecule has 0 bridgehead atoms. The van der Waals surface area contributed by atoms with Crippen LogP contribution in [0.2, 0.25) is 0 Å². The van der Waals surface area contributed by atoms with Crippen LogP contribution in [-0.2, 0) is 23.8 Å². The standard InChI is InChI=1S/C8H10O3.C4H6O2/c1-2-7(9)11-8(3-4-8)6-5-10-6;1-3-6-4(2)5/h2,6H,1,3-5H2;3H,1H2,2H3. The minimum Gasteiger partial charge on any atom is -0.453 e. The lowest BCUT2D eigenvalue weighted by atomic mass is 10.2. The highest BCUT2D eigenvalue weighted by molar-refractivity contribution is 5.81. The van der Waals surface area contributed by atoms with Crippen LogP contribution in [-0.4, -0.2) is 30.3 Å². The molecule has 0 aromatic rings. The summed E-state index contributed by atoms with van der Waals surface area (Å²) in [5.41, 5.74) is -0.259. The SMILES string of the molecule is C=CC(=O)OC1(C2CO2)CC1.C=COC(C)=O. The van der Waals surface area contributed by atoms with Gasteiger partial charge in [-0.15, -0.1) is 0 Å². The van der Waals surface area contributed by atoms with Crippen LogP contribution in [0.15, 0.2) is 25.5 Å². The molecule has 0 radical (unpaired) electrons. The summed E-state index contributed by atoms with van der Waals surface area (Å²) in [5.74, 6) is -0.664. The molecule has 1 saturated carbocycles. The van der Waals surface area contributed by atoms with Crippen molar-refractivity contribution in [3.63, 3.8) is 0 Å². The predicted molar refractivity (Wildman–Crippen MR) is 60.0 cm³/mol. The number of carbonyl (C=O) groups is 2. The van der Waals surface area contributed by atoms with Crippen LogP contribution in [0.5, 0.6) is 0 Å². The molecule has 1 atom stereocenters. The monoisotopic (exact) mass is 240 g/mol. The van der Waals surface area contributed by atoms with E-state index in [9.17, 15) is 9.59 Å². The quantitative estimate of drug-likeness (QED) is 0.321. The molecule has 5 nitrogen and oxygen atoms in total. The third-order valence-corrected chi connectivity index (χ3v) is 2.38. The molecule has 1 aliphatic heterocycles. The van der Waals surface area contributed by atoms with Crippen LogP contribution in [0.3, 0.4) is 0 Å². The van der Waals surface area contributed by atoms with Crippen molar-refractivity contribution in [3.8, 4) is 0 Å². The van der Waals surface area contributed by atoms with E-state index in [1.807, 2.05) is 0 Å². The molecule has 0 N–H and O–H groups in total. The van der Waals surface area contributed by atoms with Gasteiger partial charge in [-0.25, -0.2) is 4.79 Å². The molecule has 2 aliphatic rings. The van der Waals surface area contributed by atoms with E-state index in [0.717, 1.165) is 25.7 Å². The van der Waals surface area contributed by atoms with Gasteiger partial charge in [-0.05, 0) is 12.8 Å². The van der Waals surface area contributed by atoms with Gasteiger partial charge >= 0.3 is 11.9 Å². The Balaban J connectivity index is 0.000000209. The highest BCUT2D eigenvalue weighted by Crippen LogP contribution is 2.48. The van der Waals surface area contributed by atoms with E-state index in [-0.39, 0.29) is 23.6 Å². The Morgan fingerprint density at radius 2 is 2.00 bits per heavy atom. The lowest BCUT2D eigenvalue weighted by Crippen LogP contribution is -2.24. The first-order valence-corrected chi connectivity index (χ1v) is 5.29. The van der Waals surface area contributed by atoms with Gasteiger partial charge in [-0.1, -0.05) is 13.2 Å². The Labute approximate surface area is 100 Å². The van der Waals surface area contributed by atoms with Crippen LogP contribution < -0.4 is 0 Å². The Hall–Kier alpha value is -1.62. The molecule has 2 rings (SSSR count). The smallest absolute Gasteiger partial charge is 0.330 e. The number of esters is 2. The van der Waals surface area contributed by atoms with E-state index in [0.29, 0.717) is 0 Å². The molecule has 5 heteroatoms. The summed E-state index contributed by atoms with van der Waals surface area (Å²) in [6, 6.07) is 0. The van der Waals surface area contributed by atoms with Crippen LogP contribution in [0.1, 0.15) is 19.8 Å². The molecule has 17 heavy (non-hydrogen) atoms. The van der Waals surface area contributed by atoms with E-state index < -0.39 is 0 Å². The van der Waals surface area contributed by atoms with Crippen LogP contribution in [0.4, 0.5) is 0 Å². The van der Waals surface area contributed by atoms with Gasteiger partial charge in [0.05, 0.1) is 12.9 Å². The second-order valence-corrected chi connectivity index (χ2v) is 3.79. The average Bonchev–Trinajstić information content (AvgIpc) is 3.12. The fourth-order valence-corrected chi connectivity index (χ4v) is 1.32. The molecule has 1 unspecified atom stereocenters. The number of rotatable bonds is 4. The molecular formula is C12H16O5. The van der Waals surface area contributed by atoms with E-state index in [1.165, 1.54) is 13.0 Å². The maximum atomic E-state index is 10.8. The molecular weight excluding hydrogens is 224 g/mol. The van der Waals surface area contributed by atoms with E-state index in [1.54, 1.807) is 0 Å². The molecule has 1 aliphatic carbocycles. The normalized spacial score (nSPS) is 22.3. The van der Waals surface area contributed by atoms with Crippen molar-refractivity contribution in [2.75, 3.05) is 6.61 Å². The molecule has 1 heterocycles. The Bertz CT molecular complexity index is 326. The summed E-state index contributed by atoms with van der Waals surface area (Å²) in [6.07, 6.45) is 4.35. The molecule has 2 fully saturated rings. The van der Waals surface area contributed by atoms with Crippen LogP contribution in [0.25, 0.3) is 0 Å². The van der Waals surface area contributed by atoms with Crippen molar-refractivity contribution in [1.82, 2.24) is 0 Å². The van der Waals surface area contributed by atoms with Crippen molar-refractivity contribution in [2.45, 2.75) is 31.5 Å². The second-order valence-electron chi connectivity index (χ2n) is 3.79. The van der Waals surface area contributed by atoms with E-state index >= 15 is 0 Å². The van der Waals surface area contributed by atoms with Gasteiger partial charge in [0.2, 0.25) is 0 Å². The third kappa shape index (κ3) is 4.40. The van der Waals surface area contributed by atoms with Crippen molar-refractivity contribution < 1.29 is 23.8 Å². The number of hydrogen-bond acceptors (Lipinski definition) is 5. The highest BCUT2D eigenvalue weighted by atomic mass is 16.6. The van der Waals surface area contributed by atoms with Crippen LogP contribution >= 0.6 is 0 Å². The van der Waals surface area contributed by atoms with Crippen molar-refractivity contribution in [2.24, 2.45) is 0 Å². The molecule has 1 saturated heterocycles. The van der Waals surface area contributed by atoms with Gasteiger partial charge in [0.15, 0.2) is 0 Å². The molecule has 0 aromatic heterocycles. The van der Waals surface area contributed by atoms with E-state index in [2.05, 4.69) is 17.9 Å². The maximum Gasteiger partial charge on any atom is 0.330 e. The lowest BCUT2D eigenvalue weighted by Gasteiger charge is -2.11. The lowest BCUT2D eigenvalue weighted by molar-refractivity contribution is -0.146. The number of epoxide rings is 1. The predicted octanol–water partition coefficient (Wildman–Crippen LogP) is 1.34. The van der Waals surface area contributed by atoms with Gasteiger partial charge < -0.3 is 14.2 Å². The first-order chi connectivity index (χ1) is 8.04. The first kappa shape index (κ1) is 13.4. The number of ether oxygens (including phenoxy) is 3. The molecule has 94 valence electrons. The Morgan fingerprint density at radius 1 is 1.41 bits per heavy atom. The van der Waals surface area contributed by atoms with Gasteiger partial charge in [-0.2, -0.15) is 0 Å². The second kappa shape index (κ2) is 5.63. The van der Waals surface area contributed by atoms with Crippen LogP contribution in [0, 0.1) is 0 Å². The molecule has 0 spiro atoms. The third-order valence-electron chi connectivity index (χ3n) is 2.38. The summed E-state index contributed by atoms with van der Waals surface area (Å²) in [6.45, 7) is 8.56. The van der Waals surface area contributed by atoms with Crippen molar-refractivity contribution in [1.29, 1.82) is 0 Å². The summed E-state index contributed by atoms with van der Waals surface area (Å²) in [4.78, 5) is 20.6. The van der Waals surface area contributed by atoms with Gasteiger partial charge in [-0.3, -0.25) is 4.79 Å². The minimum absolute atomic E-state index is 0.173. The summed E-state index contributed by atoms with van der Waals surface area (Å²) >= 11 is 0. The van der Waals surface area contributed by atoms with Gasteiger partial charge in [0.1, 0.15) is 11.7 Å². The topological polar surface area (TPSA) is 65.1 Å².